The second kappa shape index (κ2) is 9.11. The highest BCUT2D eigenvalue weighted by Crippen LogP contribution is 2.46. The van der Waals surface area contributed by atoms with Gasteiger partial charge in [-0.15, -0.1) is 0 Å². The summed E-state index contributed by atoms with van der Waals surface area (Å²) in [6.45, 7) is 4.05. The highest BCUT2D eigenvalue weighted by molar-refractivity contribution is 6.31. The smallest absolute Gasteiger partial charge is 0.254 e. The van der Waals surface area contributed by atoms with Crippen molar-refractivity contribution in [2.24, 2.45) is 5.92 Å². The van der Waals surface area contributed by atoms with E-state index in [1.54, 1.807) is 31.3 Å². The Morgan fingerprint density at radius 3 is 2.68 bits per heavy atom. The van der Waals surface area contributed by atoms with Gasteiger partial charge >= 0.3 is 0 Å². The third-order valence-electron chi connectivity index (χ3n) is 6.76. The van der Waals surface area contributed by atoms with Crippen LogP contribution in [0.5, 0.6) is 0 Å². The van der Waals surface area contributed by atoms with E-state index < -0.39 is 17.5 Å². The molecule has 0 radical (unpaired) electrons. The van der Waals surface area contributed by atoms with Crippen molar-refractivity contribution in [3.8, 4) is 6.07 Å². The third-order valence-corrected chi connectivity index (χ3v) is 6.99. The van der Waals surface area contributed by atoms with Crippen LogP contribution in [0, 0.1) is 17.2 Å². The third kappa shape index (κ3) is 4.03. The predicted molar refractivity (Wildman–Crippen MR) is 129 cm³/mol. The number of amides is 3. The molecule has 34 heavy (non-hydrogen) atoms. The Morgan fingerprint density at radius 2 is 2.00 bits per heavy atom. The summed E-state index contributed by atoms with van der Waals surface area (Å²) in [5.41, 5.74) is 0.935. The number of nitrogens with one attached hydrogen (secondary N) is 1. The summed E-state index contributed by atoms with van der Waals surface area (Å²) < 4.78 is 0. The number of fused-ring (bicyclic) bond motifs is 2. The summed E-state index contributed by atoms with van der Waals surface area (Å²) in [6.07, 6.45) is 0.643. The number of halogens is 1. The Hall–Kier alpha value is -3.37. The summed E-state index contributed by atoms with van der Waals surface area (Å²) in [7, 11) is 1.60. The molecule has 7 nitrogen and oxygen atoms in total. The lowest BCUT2D eigenvalue weighted by molar-refractivity contribution is -0.136. The SMILES string of the molecule is CC(C)C[C@@H](C(=O)N1C[C@]2(C[C@H]1C#N)C(=O)Nc1ccccc12)N(C)C(=O)c1cccc(Cl)c1. The van der Waals surface area contributed by atoms with Gasteiger partial charge in [0.2, 0.25) is 11.8 Å². The number of benzene rings is 2. The Kier molecular flexibility index (Phi) is 6.37. The molecule has 0 unspecified atom stereocenters. The lowest BCUT2D eigenvalue weighted by atomic mass is 9.80. The van der Waals surface area contributed by atoms with Crippen molar-refractivity contribution in [2.45, 2.75) is 44.2 Å². The van der Waals surface area contributed by atoms with E-state index in [1.165, 1.54) is 9.80 Å². The van der Waals surface area contributed by atoms with Gasteiger partial charge in [-0.05, 0) is 42.2 Å². The van der Waals surface area contributed by atoms with Gasteiger partial charge in [0.15, 0.2) is 0 Å². The maximum absolute atomic E-state index is 13.9. The standard InChI is InChI=1S/C26H27ClN4O3/c1-16(2)11-22(30(3)23(32)17-7-6-8-18(27)12-17)24(33)31-15-26(13-19(31)14-28)20-9-4-5-10-21(20)29-25(26)34/h4-10,12,16,19,22H,11,13,15H2,1-3H3,(H,29,34)/t19-,22-,26-/m0/s1. The summed E-state index contributed by atoms with van der Waals surface area (Å²) in [5, 5.41) is 13.2. The second-order valence-corrected chi connectivity index (χ2v) is 9.91. The molecule has 3 atom stereocenters. The number of likely N-dealkylation sites (N-methyl/N-ethyl adjacent to an activating group) is 1. The molecule has 2 aromatic carbocycles. The highest BCUT2D eigenvalue weighted by atomic mass is 35.5. The zero-order valence-electron chi connectivity index (χ0n) is 19.4. The van der Waals surface area contributed by atoms with Crippen LogP contribution in [0.15, 0.2) is 48.5 Å². The molecular weight excluding hydrogens is 452 g/mol. The van der Waals surface area contributed by atoms with Gasteiger partial charge in [0, 0.05) is 36.3 Å². The first-order valence-electron chi connectivity index (χ1n) is 11.3. The van der Waals surface area contributed by atoms with Crippen LogP contribution in [0.1, 0.15) is 42.6 Å². The topological polar surface area (TPSA) is 93.5 Å². The van der Waals surface area contributed by atoms with E-state index in [0.29, 0.717) is 22.7 Å². The number of anilines is 1. The van der Waals surface area contributed by atoms with Crippen LogP contribution in [0.2, 0.25) is 5.02 Å². The normalized spacial score (nSPS) is 21.8. The van der Waals surface area contributed by atoms with Crippen molar-refractivity contribution < 1.29 is 14.4 Å². The minimum atomic E-state index is -0.968. The molecule has 0 bridgehead atoms. The van der Waals surface area contributed by atoms with Crippen molar-refractivity contribution >= 4 is 35.0 Å². The average Bonchev–Trinajstić information content (AvgIpc) is 3.34. The maximum atomic E-state index is 13.9. The molecule has 2 heterocycles. The highest BCUT2D eigenvalue weighted by Gasteiger charge is 2.56. The van der Waals surface area contributed by atoms with Crippen LogP contribution >= 0.6 is 11.6 Å². The first kappa shape index (κ1) is 23.8. The largest absolute Gasteiger partial charge is 0.330 e. The number of likely N-dealkylation sites (tertiary alicyclic amines) is 1. The summed E-state index contributed by atoms with van der Waals surface area (Å²) in [6, 6.07) is 14.7. The van der Waals surface area contributed by atoms with Crippen molar-refractivity contribution in [2.75, 3.05) is 18.9 Å². The quantitative estimate of drug-likeness (QED) is 0.706. The molecule has 2 aromatic rings. The number of carbonyl (C=O) groups is 3. The molecule has 8 heteroatoms. The number of carbonyl (C=O) groups excluding carboxylic acids is 3. The molecule has 4 rings (SSSR count). The molecule has 1 saturated heterocycles. The second-order valence-electron chi connectivity index (χ2n) is 9.47. The fourth-order valence-corrected chi connectivity index (χ4v) is 5.21. The molecule has 1 N–H and O–H groups in total. The Labute approximate surface area is 204 Å². The average molecular weight is 479 g/mol. The van der Waals surface area contributed by atoms with E-state index in [4.69, 9.17) is 11.6 Å². The van der Waals surface area contributed by atoms with E-state index in [-0.39, 0.29) is 36.6 Å². The number of hydrogen-bond donors (Lipinski definition) is 1. The van der Waals surface area contributed by atoms with Crippen molar-refractivity contribution in [1.29, 1.82) is 5.26 Å². The van der Waals surface area contributed by atoms with Crippen LogP contribution in [-0.4, -0.2) is 53.2 Å². The first-order valence-corrected chi connectivity index (χ1v) is 11.7. The maximum Gasteiger partial charge on any atom is 0.254 e. The van der Waals surface area contributed by atoms with Crippen molar-refractivity contribution in [3.05, 3.63) is 64.7 Å². The van der Waals surface area contributed by atoms with Gasteiger partial charge in [-0.2, -0.15) is 5.26 Å². The molecular formula is C26H27ClN4O3. The monoisotopic (exact) mass is 478 g/mol. The number of hydrogen-bond acceptors (Lipinski definition) is 4. The lowest BCUT2D eigenvalue weighted by Gasteiger charge is -2.33. The first-order chi connectivity index (χ1) is 16.2. The number of nitrogens with zero attached hydrogens (tertiary/aromatic N) is 3. The molecule has 2 aliphatic rings. The van der Waals surface area contributed by atoms with E-state index >= 15 is 0 Å². The van der Waals surface area contributed by atoms with Gasteiger partial charge in [-0.1, -0.05) is 49.7 Å². The van der Waals surface area contributed by atoms with Gasteiger partial charge in [-0.3, -0.25) is 14.4 Å². The molecule has 0 aliphatic carbocycles. The van der Waals surface area contributed by atoms with Crippen LogP contribution in [0.25, 0.3) is 0 Å². The fourth-order valence-electron chi connectivity index (χ4n) is 5.02. The van der Waals surface area contributed by atoms with Gasteiger partial charge in [0.05, 0.1) is 11.5 Å². The summed E-state index contributed by atoms with van der Waals surface area (Å²) in [5.74, 6) is -0.732. The Balaban J connectivity index is 1.66. The van der Waals surface area contributed by atoms with Crippen LogP contribution in [-0.2, 0) is 15.0 Å². The molecule has 0 saturated carbocycles. The summed E-state index contributed by atoms with van der Waals surface area (Å²) >= 11 is 6.07. The van der Waals surface area contributed by atoms with Crippen LogP contribution in [0.4, 0.5) is 5.69 Å². The molecule has 1 fully saturated rings. The van der Waals surface area contributed by atoms with Crippen molar-refractivity contribution in [3.63, 3.8) is 0 Å². The number of nitriles is 1. The zero-order chi connectivity index (χ0) is 24.6. The molecule has 0 aromatic heterocycles. The van der Waals surface area contributed by atoms with Gasteiger partial charge in [0.25, 0.3) is 5.91 Å². The minimum absolute atomic E-state index is 0.0979. The predicted octanol–water partition coefficient (Wildman–Crippen LogP) is 3.84. The van der Waals surface area contributed by atoms with Gasteiger partial charge < -0.3 is 15.1 Å². The Morgan fingerprint density at radius 1 is 1.26 bits per heavy atom. The van der Waals surface area contributed by atoms with Crippen LogP contribution < -0.4 is 5.32 Å². The van der Waals surface area contributed by atoms with Crippen molar-refractivity contribution in [1.82, 2.24) is 9.80 Å². The van der Waals surface area contributed by atoms with E-state index in [0.717, 1.165) is 5.56 Å². The van der Waals surface area contributed by atoms with Gasteiger partial charge in [0.1, 0.15) is 12.1 Å². The van der Waals surface area contributed by atoms with Gasteiger partial charge in [-0.25, -0.2) is 0 Å². The van der Waals surface area contributed by atoms with Crippen LogP contribution in [0.3, 0.4) is 0 Å². The number of rotatable bonds is 5. The van der Waals surface area contributed by atoms with E-state index in [1.807, 2.05) is 38.1 Å². The molecule has 1 spiro atoms. The minimum Gasteiger partial charge on any atom is -0.330 e. The molecule has 3 amide bonds. The number of para-hydroxylation sites is 1. The molecule has 176 valence electrons. The zero-order valence-corrected chi connectivity index (χ0v) is 20.2. The Bertz CT molecular complexity index is 1190. The van der Waals surface area contributed by atoms with E-state index in [2.05, 4.69) is 11.4 Å². The lowest BCUT2D eigenvalue weighted by Crippen LogP contribution is -2.52. The van der Waals surface area contributed by atoms with E-state index in [9.17, 15) is 19.6 Å². The summed E-state index contributed by atoms with van der Waals surface area (Å²) in [4.78, 5) is 43.1. The molecule has 2 aliphatic heterocycles. The fraction of sp³-hybridized carbons (Fsp3) is 0.385.